The average Bonchev–Trinajstić information content (AvgIpc) is 2.84. The van der Waals surface area contributed by atoms with E-state index in [2.05, 4.69) is 20.0 Å². The highest BCUT2D eigenvalue weighted by atomic mass is 15.3. The van der Waals surface area contributed by atoms with Crippen molar-refractivity contribution in [3.05, 3.63) is 18.7 Å². The first-order valence-electron chi connectivity index (χ1n) is 4.99. The van der Waals surface area contributed by atoms with Crippen molar-refractivity contribution >= 4 is 11.5 Å². The molecule has 1 fully saturated rings. The lowest BCUT2D eigenvalue weighted by molar-refractivity contribution is 0.751. The molecule has 6 heteroatoms. The fraction of sp³-hybridized carbons (Fsp3) is 0.444. The van der Waals surface area contributed by atoms with Crippen LogP contribution >= 0.6 is 0 Å². The van der Waals surface area contributed by atoms with Crippen molar-refractivity contribution < 1.29 is 0 Å². The van der Waals surface area contributed by atoms with E-state index in [0.29, 0.717) is 0 Å². The van der Waals surface area contributed by atoms with Gasteiger partial charge >= 0.3 is 0 Å². The lowest BCUT2D eigenvalue weighted by atomic mass is 10.3. The molecule has 2 aromatic rings. The molecule has 1 unspecified atom stereocenters. The number of hydrogen-bond acceptors (Lipinski definition) is 5. The van der Waals surface area contributed by atoms with Crippen LogP contribution in [0.4, 0.5) is 5.82 Å². The minimum atomic E-state index is 0.245. The van der Waals surface area contributed by atoms with Gasteiger partial charge in [0.2, 0.25) is 0 Å². The summed E-state index contributed by atoms with van der Waals surface area (Å²) in [6, 6.07) is 0.245. The van der Waals surface area contributed by atoms with E-state index in [-0.39, 0.29) is 6.04 Å². The summed E-state index contributed by atoms with van der Waals surface area (Å²) in [7, 11) is 0. The maximum atomic E-state index is 5.87. The van der Waals surface area contributed by atoms with E-state index in [1.807, 2.05) is 0 Å². The van der Waals surface area contributed by atoms with Crippen LogP contribution in [0.1, 0.15) is 6.42 Å². The summed E-state index contributed by atoms with van der Waals surface area (Å²) in [5.74, 6) is 0.878. The second kappa shape index (κ2) is 3.16. The normalized spacial score (nSPS) is 21.4. The smallest absolute Gasteiger partial charge is 0.198 e. The lowest BCUT2D eigenvalue weighted by Crippen LogP contribution is -2.27. The summed E-state index contributed by atoms with van der Waals surface area (Å²) < 4.78 is 1.73. The molecule has 2 N–H and O–H groups in total. The van der Waals surface area contributed by atoms with Crippen LogP contribution in [0.2, 0.25) is 0 Å². The Balaban J connectivity index is 2.06. The molecule has 0 radical (unpaired) electrons. The molecule has 0 amide bonds. The van der Waals surface area contributed by atoms with Gasteiger partial charge in [-0.25, -0.2) is 14.5 Å². The molecule has 0 saturated carbocycles. The number of nitrogens with two attached hydrogens (primary N) is 1. The second-order valence-electron chi connectivity index (χ2n) is 3.77. The average molecular weight is 204 g/mol. The summed E-state index contributed by atoms with van der Waals surface area (Å²) >= 11 is 0. The highest BCUT2D eigenvalue weighted by Crippen LogP contribution is 2.20. The van der Waals surface area contributed by atoms with E-state index in [1.165, 1.54) is 6.33 Å². The summed E-state index contributed by atoms with van der Waals surface area (Å²) in [5.41, 5.74) is 6.67. The van der Waals surface area contributed by atoms with Crippen LogP contribution in [0, 0.1) is 0 Å². The second-order valence-corrected chi connectivity index (χ2v) is 3.77. The number of aromatic nitrogens is 4. The van der Waals surface area contributed by atoms with Gasteiger partial charge in [-0.15, -0.1) is 0 Å². The van der Waals surface area contributed by atoms with Crippen LogP contribution < -0.4 is 10.6 Å². The molecule has 6 nitrogen and oxygen atoms in total. The predicted octanol–water partition coefficient (Wildman–Crippen LogP) is -0.338. The quantitative estimate of drug-likeness (QED) is 0.688. The van der Waals surface area contributed by atoms with Gasteiger partial charge in [-0.2, -0.15) is 5.10 Å². The van der Waals surface area contributed by atoms with Crippen molar-refractivity contribution in [2.24, 2.45) is 5.73 Å². The van der Waals surface area contributed by atoms with Gasteiger partial charge in [0.15, 0.2) is 11.5 Å². The highest BCUT2D eigenvalue weighted by Gasteiger charge is 2.22. The van der Waals surface area contributed by atoms with Gasteiger partial charge in [-0.3, -0.25) is 0 Å². The van der Waals surface area contributed by atoms with Crippen LogP contribution in [-0.2, 0) is 0 Å². The third-order valence-corrected chi connectivity index (χ3v) is 2.70. The first-order valence-corrected chi connectivity index (χ1v) is 4.99. The lowest BCUT2D eigenvalue weighted by Gasteiger charge is -2.16. The molecule has 1 aliphatic rings. The maximum Gasteiger partial charge on any atom is 0.198 e. The largest absolute Gasteiger partial charge is 0.352 e. The number of nitrogens with zero attached hydrogens (tertiary/aromatic N) is 5. The molecule has 1 aliphatic heterocycles. The third kappa shape index (κ3) is 1.33. The maximum absolute atomic E-state index is 5.87. The summed E-state index contributed by atoms with van der Waals surface area (Å²) in [6.45, 7) is 1.79. The Labute approximate surface area is 86.7 Å². The predicted molar refractivity (Wildman–Crippen MR) is 55.6 cm³/mol. The van der Waals surface area contributed by atoms with Gasteiger partial charge in [0.1, 0.15) is 6.33 Å². The Morgan fingerprint density at radius 1 is 1.40 bits per heavy atom. The Bertz CT molecular complexity index is 478. The van der Waals surface area contributed by atoms with Crippen LogP contribution in [0.15, 0.2) is 18.7 Å². The van der Waals surface area contributed by atoms with Crippen molar-refractivity contribution in [2.45, 2.75) is 12.5 Å². The van der Waals surface area contributed by atoms with Gasteiger partial charge in [-0.05, 0) is 6.42 Å². The van der Waals surface area contributed by atoms with Gasteiger partial charge in [0.05, 0.1) is 0 Å². The molecule has 1 saturated heterocycles. The van der Waals surface area contributed by atoms with Crippen molar-refractivity contribution in [1.82, 2.24) is 19.6 Å². The first kappa shape index (κ1) is 8.60. The molecule has 0 bridgehead atoms. The summed E-state index contributed by atoms with van der Waals surface area (Å²) in [5, 5.41) is 4.08. The molecular formula is C9H12N6. The van der Waals surface area contributed by atoms with E-state index in [0.717, 1.165) is 31.0 Å². The van der Waals surface area contributed by atoms with Crippen molar-refractivity contribution in [1.29, 1.82) is 0 Å². The van der Waals surface area contributed by atoms with Crippen LogP contribution in [0.3, 0.4) is 0 Å². The monoisotopic (exact) mass is 204 g/mol. The number of anilines is 1. The van der Waals surface area contributed by atoms with Crippen molar-refractivity contribution in [3.63, 3.8) is 0 Å². The standard InChI is InChI=1S/C9H12N6/c10-7-1-3-14(5-7)8-9-12-6-13-15(9)4-2-11-8/h2,4,6-7H,1,3,5,10H2. The van der Waals surface area contributed by atoms with E-state index >= 15 is 0 Å². The topological polar surface area (TPSA) is 72.3 Å². The van der Waals surface area contributed by atoms with Crippen molar-refractivity contribution in [3.8, 4) is 0 Å². The SMILES string of the molecule is NC1CCN(c2nccn3ncnc23)C1. The van der Waals surface area contributed by atoms with Gasteiger partial charge in [0.25, 0.3) is 0 Å². The van der Waals surface area contributed by atoms with Crippen molar-refractivity contribution in [2.75, 3.05) is 18.0 Å². The molecule has 15 heavy (non-hydrogen) atoms. The minimum absolute atomic E-state index is 0.245. The first-order chi connectivity index (χ1) is 7.34. The van der Waals surface area contributed by atoms with Crippen LogP contribution in [-0.4, -0.2) is 38.7 Å². The Morgan fingerprint density at radius 2 is 2.33 bits per heavy atom. The van der Waals surface area contributed by atoms with Crippen LogP contribution in [0.25, 0.3) is 5.65 Å². The zero-order valence-corrected chi connectivity index (χ0v) is 8.24. The van der Waals surface area contributed by atoms with Gasteiger partial charge < -0.3 is 10.6 Å². The number of hydrogen-bond donors (Lipinski definition) is 1. The zero-order chi connectivity index (χ0) is 10.3. The Morgan fingerprint density at radius 3 is 3.13 bits per heavy atom. The Kier molecular flexibility index (Phi) is 1.81. The molecule has 0 aliphatic carbocycles. The number of rotatable bonds is 1. The molecule has 1 atom stereocenters. The molecule has 2 aromatic heterocycles. The zero-order valence-electron chi connectivity index (χ0n) is 8.24. The number of fused-ring (bicyclic) bond motifs is 1. The summed E-state index contributed by atoms with van der Waals surface area (Å²) in [6.07, 6.45) is 6.08. The van der Waals surface area contributed by atoms with Gasteiger partial charge in [-0.1, -0.05) is 0 Å². The molecule has 3 rings (SSSR count). The van der Waals surface area contributed by atoms with E-state index in [1.54, 1.807) is 16.9 Å². The fourth-order valence-corrected chi connectivity index (χ4v) is 1.95. The van der Waals surface area contributed by atoms with Gasteiger partial charge in [0, 0.05) is 31.5 Å². The van der Waals surface area contributed by atoms with E-state index in [4.69, 9.17) is 5.73 Å². The van der Waals surface area contributed by atoms with E-state index in [9.17, 15) is 0 Å². The molecular weight excluding hydrogens is 192 g/mol. The molecule has 3 heterocycles. The fourth-order valence-electron chi connectivity index (χ4n) is 1.95. The molecule has 0 spiro atoms. The third-order valence-electron chi connectivity index (χ3n) is 2.70. The minimum Gasteiger partial charge on any atom is -0.352 e. The molecule has 78 valence electrons. The Hall–Kier alpha value is -1.69. The van der Waals surface area contributed by atoms with Crippen LogP contribution in [0.5, 0.6) is 0 Å². The summed E-state index contributed by atoms with van der Waals surface area (Å²) in [4.78, 5) is 10.7. The highest BCUT2D eigenvalue weighted by molar-refractivity contribution is 5.63. The van der Waals surface area contributed by atoms with E-state index < -0.39 is 0 Å². The molecule has 0 aromatic carbocycles.